The van der Waals surface area contributed by atoms with Crippen molar-refractivity contribution < 1.29 is 18.0 Å². The molecule has 8 heteroatoms. The SMILES string of the molecule is CC(C)n1cnnc1CN(C)C(=O)CCC(F)(F)F. The molecule has 1 rings (SSSR count). The largest absolute Gasteiger partial charge is 0.389 e. The van der Waals surface area contributed by atoms with Crippen LogP contribution in [0.25, 0.3) is 0 Å². The van der Waals surface area contributed by atoms with Gasteiger partial charge in [0.25, 0.3) is 0 Å². The Morgan fingerprint density at radius 3 is 2.63 bits per heavy atom. The van der Waals surface area contributed by atoms with E-state index < -0.39 is 24.9 Å². The molecule has 19 heavy (non-hydrogen) atoms. The van der Waals surface area contributed by atoms with Gasteiger partial charge in [0.2, 0.25) is 5.91 Å². The normalized spacial score (nSPS) is 11.9. The first-order chi connectivity index (χ1) is 8.70. The maximum Gasteiger partial charge on any atom is 0.389 e. The summed E-state index contributed by atoms with van der Waals surface area (Å²) < 4.78 is 37.9. The zero-order valence-corrected chi connectivity index (χ0v) is 11.1. The van der Waals surface area contributed by atoms with E-state index in [1.165, 1.54) is 18.3 Å². The lowest BCUT2D eigenvalue weighted by Crippen LogP contribution is -2.29. The van der Waals surface area contributed by atoms with Gasteiger partial charge in [0.05, 0.1) is 13.0 Å². The first kappa shape index (κ1) is 15.5. The Hall–Kier alpha value is -1.60. The van der Waals surface area contributed by atoms with E-state index in [1.54, 1.807) is 4.57 Å². The molecule has 1 aromatic heterocycles. The van der Waals surface area contributed by atoms with Gasteiger partial charge in [-0.15, -0.1) is 10.2 Å². The van der Waals surface area contributed by atoms with Crippen LogP contribution >= 0.6 is 0 Å². The number of hydrogen-bond donors (Lipinski definition) is 0. The van der Waals surface area contributed by atoms with Gasteiger partial charge in [0, 0.05) is 19.5 Å². The number of alkyl halides is 3. The summed E-state index contributed by atoms with van der Waals surface area (Å²) in [4.78, 5) is 12.8. The highest BCUT2D eigenvalue weighted by Gasteiger charge is 2.28. The predicted molar refractivity (Wildman–Crippen MR) is 62.2 cm³/mol. The van der Waals surface area contributed by atoms with Crippen LogP contribution in [0.1, 0.15) is 38.6 Å². The number of carbonyl (C=O) groups is 1. The molecular weight excluding hydrogens is 261 g/mol. The van der Waals surface area contributed by atoms with Gasteiger partial charge in [0.1, 0.15) is 6.33 Å². The number of carbonyl (C=O) groups excluding carboxylic acids is 1. The molecule has 108 valence electrons. The minimum Gasteiger partial charge on any atom is -0.338 e. The monoisotopic (exact) mass is 278 g/mol. The number of rotatable bonds is 5. The summed E-state index contributed by atoms with van der Waals surface area (Å²) in [6, 6.07) is 0.128. The van der Waals surface area contributed by atoms with Crippen molar-refractivity contribution in [3.05, 3.63) is 12.2 Å². The van der Waals surface area contributed by atoms with E-state index in [4.69, 9.17) is 0 Å². The highest BCUT2D eigenvalue weighted by Crippen LogP contribution is 2.21. The molecule has 0 N–H and O–H groups in total. The second-order valence-corrected chi connectivity index (χ2v) is 4.61. The number of halogens is 3. The molecule has 0 aliphatic carbocycles. The molecule has 5 nitrogen and oxygen atoms in total. The van der Waals surface area contributed by atoms with Gasteiger partial charge in [-0.25, -0.2) is 0 Å². The summed E-state index contributed by atoms with van der Waals surface area (Å²) in [6.07, 6.45) is -4.43. The Morgan fingerprint density at radius 1 is 1.47 bits per heavy atom. The van der Waals surface area contributed by atoms with Crippen LogP contribution in [-0.4, -0.2) is 38.8 Å². The van der Waals surface area contributed by atoms with Crippen LogP contribution in [0.4, 0.5) is 13.2 Å². The molecule has 0 bridgehead atoms. The van der Waals surface area contributed by atoms with E-state index in [2.05, 4.69) is 10.2 Å². The average molecular weight is 278 g/mol. The molecule has 1 aromatic rings. The molecule has 0 saturated heterocycles. The van der Waals surface area contributed by atoms with Crippen LogP contribution in [0.2, 0.25) is 0 Å². The van der Waals surface area contributed by atoms with Crippen molar-refractivity contribution in [2.24, 2.45) is 0 Å². The third-order valence-corrected chi connectivity index (χ3v) is 2.63. The lowest BCUT2D eigenvalue weighted by Gasteiger charge is -2.18. The maximum atomic E-state index is 12.0. The van der Waals surface area contributed by atoms with Gasteiger partial charge in [-0.1, -0.05) is 0 Å². The molecule has 0 saturated carbocycles. The van der Waals surface area contributed by atoms with Crippen molar-refractivity contribution in [3.8, 4) is 0 Å². The van der Waals surface area contributed by atoms with Crippen LogP contribution in [-0.2, 0) is 11.3 Å². The summed E-state index contributed by atoms with van der Waals surface area (Å²) in [5, 5.41) is 7.60. The number of amides is 1. The lowest BCUT2D eigenvalue weighted by molar-refractivity contribution is -0.148. The number of nitrogens with zero attached hydrogens (tertiary/aromatic N) is 4. The van der Waals surface area contributed by atoms with Crippen molar-refractivity contribution in [2.75, 3.05) is 7.05 Å². The smallest absolute Gasteiger partial charge is 0.338 e. The lowest BCUT2D eigenvalue weighted by atomic mass is 10.2. The van der Waals surface area contributed by atoms with Crippen LogP contribution in [0.5, 0.6) is 0 Å². The van der Waals surface area contributed by atoms with E-state index >= 15 is 0 Å². The fraction of sp³-hybridized carbons (Fsp3) is 0.727. The van der Waals surface area contributed by atoms with Crippen LogP contribution in [0.3, 0.4) is 0 Å². The second-order valence-electron chi connectivity index (χ2n) is 4.61. The van der Waals surface area contributed by atoms with Crippen LogP contribution in [0.15, 0.2) is 6.33 Å². The van der Waals surface area contributed by atoms with Gasteiger partial charge in [-0.2, -0.15) is 13.2 Å². The van der Waals surface area contributed by atoms with Crippen molar-refractivity contribution >= 4 is 5.91 Å². The fourth-order valence-electron chi connectivity index (χ4n) is 1.55. The summed E-state index contributed by atoms with van der Waals surface area (Å²) in [5.41, 5.74) is 0. The third-order valence-electron chi connectivity index (χ3n) is 2.63. The first-order valence-electron chi connectivity index (χ1n) is 5.90. The third kappa shape index (κ3) is 4.88. The van der Waals surface area contributed by atoms with Gasteiger partial charge in [-0.3, -0.25) is 4.79 Å². The topological polar surface area (TPSA) is 51.0 Å². The van der Waals surface area contributed by atoms with Crippen molar-refractivity contribution in [1.29, 1.82) is 0 Å². The zero-order chi connectivity index (χ0) is 14.6. The Balaban J connectivity index is 2.57. The molecule has 0 aliphatic rings. The van der Waals surface area contributed by atoms with Crippen molar-refractivity contribution in [2.45, 2.75) is 45.5 Å². The Morgan fingerprint density at radius 2 is 2.11 bits per heavy atom. The minimum atomic E-state index is -4.31. The zero-order valence-electron chi connectivity index (χ0n) is 11.1. The van der Waals surface area contributed by atoms with Crippen molar-refractivity contribution in [1.82, 2.24) is 19.7 Å². The van der Waals surface area contributed by atoms with E-state index in [1.807, 2.05) is 13.8 Å². The molecule has 0 spiro atoms. The average Bonchev–Trinajstić information content (AvgIpc) is 2.72. The minimum absolute atomic E-state index is 0.128. The highest BCUT2D eigenvalue weighted by molar-refractivity contribution is 5.75. The molecule has 0 unspecified atom stereocenters. The molecule has 0 fully saturated rings. The Kier molecular flexibility index (Phi) is 4.90. The van der Waals surface area contributed by atoms with Gasteiger partial charge in [0.15, 0.2) is 5.82 Å². The van der Waals surface area contributed by atoms with E-state index in [0.29, 0.717) is 5.82 Å². The van der Waals surface area contributed by atoms with Gasteiger partial charge < -0.3 is 9.47 Å². The molecule has 0 atom stereocenters. The quantitative estimate of drug-likeness (QED) is 0.829. The van der Waals surface area contributed by atoms with E-state index in [0.717, 1.165) is 0 Å². The first-order valence-corrected chi connectivity index (χ1v) is 5.90. The molecular formula is C11H17F3N4O. The number of hydrogen-bond acceptors (Lipinski definition) is 3. The summed E-state index contributed by atoms with van der Waals surface area (Å²) in [7, 11) is 1.46. The van der Waals surface area contributed by atoms with Crippen LogP contribution in [0, 0.1) is 0 Å². The summed E-state index contributed by atoms with van der Waals surface area (Å²) >= 11 is 0. The summed E-state index contributed by atoms with van der Waals surface area (Å²) in [6.45, 7) is 4.01. The predicted octanol–water partition coefficient (Wildman–Crippen LogP) is 2.16. The second kappa shape index (κ2) is 6.03. The maximum absolute atomic E-state index is 12.0. The molecule has 1 amide bonds. The summed E-state index contributed by atoms with van der Waals surface area (Å²) in [5.74, 6) is -0.00603. The fourth-order valence-corrected chi connectivity index (χ4v) is 1.55. The Labute approximate surface area is 109 Å². The Bertz CT molecular complexity index is 428. The van der Waals surface area contributed by atoms with E-state index in [-0.39, 0.29) is 12.6 Å². The highest BCUT2D eigenvalue weighted by atomic mass is 19.4. The molecule has 0 aromatic carbocycles. The molecule has 0 aliphatic heterocycles. The molecule has 0 radical (unpaired) electrons. The van der Waals surface area contributed by atoms with Crippen LogP contribution < -0.4 is 0 Å². The van der Waals surface area contributed by atoms with E-state index in [9.17, 15) is 18.0 Å². The van der Waals surface area contributed by atoms with Gasteiger partial charge >= 0.3 is 6.18 Å². The van der Waals surface area contributed by atoms with Gasteiger partial charge in [-0.05, 0) is 13.8 Å². The standard InChI is InChI=1S/C11H17F3N4O/c1-8(2)18-7-15-16-9(18)6-17(3)10(19)4-5-11(12,13)14/h7-8H,4-6H2,1-3H3. The van der Waals surface area contributed by atoms with Crippen molar-refractivity contribution in [3.63, 3.8) is 0 Å². The number of aromatic nitrogens is 3. The molecule has 1 heterocycles.